The van der Waals surface area contributed by atoms with Gasteiger partial charge in [-0.2, -0.15) is 0 Å². The van der Waals surface area contributed by atoms with Gasteiger partial charge in [-0.1, -0.05) is 36.8 Å². The van der Waals surface area contributed by atoms with E-state index >= 15 is 0 Å². The van der Waals surface area contributed by atoms with Crippen LogP contribution in [-0.2, 0) is 4.79 Å². The molecule has 3 rings (SSSR count). The Kier molecular flexibility index (Phi) is 5.76. The van der Waals surface area contributed by atoms with E-state index in [0.29, 0.717) is 6.42 Å². The van der Waals surface area contributed by atoms with E-state index in [1.54, 1.807) is 11.8 Å². The number of carbonyl (C=O) groups excluding carboxylic acids is 1. The van der Waals surface area contributed by atoms with Crippen LogP contribution in [0.5, 0.6) is 0 Å². The Morgan fingerprint density at radius 3 is 2.68 bits per heavy atom. The van der Waals surface area contributed by atoms with E-state index in [1.165, 1.54) is 10.5 Å². The van der Waals surface area contributed by atoms with Crippen LogP contribution in [0.4, 0.5) is 0 Å². The van der Waals surface area contributed by atoms with E-state index in [0.717, 1.165) is 29.0 Å². The number of para-hydroxylation sites is 2. The minimum absolute atomic E-state index is 0.0620. The Balaban J connectivity index is 1.54. The molecule has 0 saturated carbocycles. The predicted octanol–water partition coefficient (Wildman–Crippen LogP) is 4.62. The Morgan fingerprint density at radius 2 is 1.96 bits per heavy atom. The summed E-state index contributed by atoms with van der Waals surface area (Å²) in [6.07, 6.45) is 1.30. The molecule has 4 nitrogen and oxygen atoms in total. The Labute approximate surface area is 152 Å². The summed E-state index contributed by atoms with van der Waals surface area (Å²) in [6.45, 7) is 4.13. The minimum Gasteiger partial charge on any atom is -0.346 e. The van der Waals surface area contributed by atoms with Crippen molar-refractivity contribution >= 4 is 28.7 Å². The van der Waals surface area contributed by atoms with Gasteiger partial charge in [-0.25, -0.2) is 4.98 Å². The lowest BCUT2D eigenvalue weighted by Crippen LogP contribution is -2.29. The fourth-order valence-corrected chi connectivity index (χ4v) is 3.52. The number of amides is 1. The first-order valence-electron chi connectivity index (χ1n) is 8.59. The number of aromatic nitrogens is 2. The highest BCUT2D eigenvalue weighted by Gasteiger charge is 2.16. The van der Waals surface area contributed by atoms with Crippen LogP contribution < -0.4 is 5.32 Å². The van der Waals surface area contributed by atoms with Crippen LogP contribution in [0.1, 0.15) is 37.2 Å². The van der Waals surface area contributed by atoms with E-state index in [2.05, 4.69) is 53.4 Å². The molecule has 1 amide bonds. The van der Waals surface area contributed by atoms with Crippen LogP contribution in [0, 0.1) is 6.92 Å². The summed E-state index contributed by atoms with van der Waals surface area (Å²) < 4.78 is 0. The number of hydrogen-bond acceptors (Lipinski definition) is 3. The number of imidazole rings is 1. The smallest absolute Gasteiger partial charge is 0.221 e. The molecule has 0 radical (unpaired) electrons. The molecule has 1 atom stereocenters. The maximum atomic E-state index is 12.3. The van der Waals surface area contributed by atoms with Gasteiger partial charge in [0, 0.05) is 17.1 Å². The van der Waals surface area contributed by atoms with Crippen LogP contribution in [0.25, 0.3) is 11.0 Å². The van der Waals surface area contributed by atoms with Crippen molar-refractivity contribution < 1.29 is 4.79 Å². The molecule has 0 fully saturated rings. The standard InChI is InChI=1S/C20H23N3OS/c1-3-16(20-22-17-6-4-5-7-18(17)23-20)21-19(24)12-13-25-15-10-8-14(2)9-11-15/h4-11,16H,3,12-13H2,1-2H3,(H,21,24)(H,22,23). The molecule has 0 spiro atoms. The van der Waals surface area contributed by atoms with Crippen molar-refractivity contribution in [3.05, 3.63) is 59.9 Å². The second-order valence-corrected chi connectivity index (χ2v) is 7.25. The molecule has 0 bridgehead atoms. The topological polar surface area (TPSA) is 57.8 Å². The van der Waals surface area contributed by atoms with Gasteiger partial charge in [-0.05, 0) is 37.6 Å². The average Bonchev–Trinajstić information content (AvgIpc) is 3.05. The molecular formula is C20H23N3OS. The number of carbonyl (C=O) groups is 1. The average molecular weight is 353 g/mol. The largest absolute Gasteiger partial charge is 0.346 e. The molecule has 2 N–H and O–H groups in total. The summed E-state index contributed by atoms with van der Waals surface area (Å²) in [5.41, 5.74) is 3.18. The lowest BCUT2D eigenvalue weighted by atomic mass is 10.2. The quantitative estimate of drug-likeness (QED) is 0.609. The Hall–Kier alpha value is -2.27. The van der Waals surface area contributed by atoms with E-state index in [1.807, 2.05) is 24.3 Å². The number of rotatable bonds is 7. The Bertz CT molecular complexity index is 809. The van der Waals surface area contributed by atoms with Gasteiger partial charge in [0.2, 0.25) is 5.91 Å². The zero-order valence-electron chi connectivity index (χ0n) is 14.6. The SMILES string of the molecule is CCC(NC(=O)CCSc1ccc(C)cc1)c1nc2ccccc2[nH]1. The van der Waals surface area contributed by atoms with Crippen molar-refractivity contribution in [3.63, 3.8) is 0 Å². The molecule has 1 aromatic heterocycles. The van der Waals surface area contributed by atoms with Crippen LogP contribution >= 0.6 is 11.8 Å². The zero-order chi connectivity index (χ0) is 17.6. The molecule has 5 heteroatoms. The fourth-order valence-electron chi connectivity index (χ4n) is 2.66. The molecule has 0 aliphatic heterocycles. The maximum Gasteiger partial charge on any atom is 0.221 e. The second-order valence-electron chi connectivity index (χ2n) is 6.08. The van der Waals surface area contributed by atoms with Gasteiger partial charge in [0.05, 0.1) is 17.1 Å². The first-order valence-corrected chi connectivity index (χ1v) is 9.57. The molecule has 0 saturated heterocycles. The summed E-state index contributed by atoms with van der Waals surface area (Å²) in [7, 11) is 0. The number of thioether (sulfide) groups is 1. The fraction of sp³-hybridized carbons (Fsp3) is 0.300. The van der Waals surface area contributed by atoms with Gasteiger partial charge in [-0.3, -0.25) is 4.79 Å². The molecule has 130 valence electrons. The van der Waals surface area contributed by atoms with Crippen LogP contribution in [-0.4, -0.2) is 21.6 Å². The van der Waals surface area contributed by atoms with Crippen LogP contribution in [0.15, 0.2) is 53.4 Å². The third-order valence-electron chi connectivity index (χ3n) is 4.10. The normalized spacial score (nSPS) is 12.2. The number of H-pyrrole nitrogens is 1. The summed E-state index contributed by atoms with van der Waals surface area (Å²) in [6, 6.07) is 16.2. The van der Waals surface area contributed by atoms with Gasteiger partial charge in [0.1, 0.15) is 5.82 Å². The lowest BCUT2D eigenvalue weighted by molar-refractivity contribution is -0.121. The van der Waals surface area contributed by atoms with Gasteiger partial charge >= 0.3 is 0 Å². The van der Waals surface area contributed by atoms with Gasteiger partial charge in [0.25, 0.3) is 0 Å². The zero-order valence-corrected chi connectivity index (χ0v) is 15.4. The van der Waals surface area contributed by atoms with Crippen molar-refractivity contribution in [1.82, 2.24) is 15.3 Å². The monoisotopic (exact) mass is 353 g/mol. The van der Waals surface area contributed by atoms with Crippen LogP contribution in [0.2, 0.25) is 0 Å². The summed E-state index contributed by atoms with van der Waals surface area (Å²) >= 11 is 1.71. The molecule has 1 heterocycles. The number of aryl methyl sites for hydroxylation is 1. The molecule has 2 aromatic carbocycles. The van der Waals surface area contributed by atoms with Crippen molar-refractivity contribution in [2.75, 3.05) is 5.75 Å². The van der Waals surface area contributed by atoms with Gasteiger partial charge in [0.15, 0.2) is 0 Å². The van der Waals surface area contributed by atoms with Crippen molar-refractivity contribution in [2.24, 2.45) is 0 Å². The number of hydrogen-bond donors (Lipinski definition) is 2. The number of fused-ring (bicyclic) bond motifs is 1. The third-order valence-corrected chi connectivity index (χ3v) is 5.11. The van der Waals surface area contributed by atoms with E-state index in [-0.39, 0.29) is 11.9 Å². The number of nitrogens with zero attached hydrogens (tertiary/aromatic N) is 1. The summed E-state index contributed by atoms with van der Waals surface area (Å²) in [5.74, 6) is 1.65. The van der Waals surface area contributed by atoms with E-state index in [9.17, 15) is 4.79 Å². The molecule has 0 aliphatic carbocycles. The maximum absolute atomic E-state index is 12.3. The number of aromatic amines is 1. The minimum atomic E-state index is -0.0794. The molecule has 25 heavy (non-hydrogen) atoms. The van der Waals surface area contributed by atoms with E-state index < -0.39 is 0 Å². The molecule has 1 unspecified atom stereocenters. The highest BCUT2D eigenvalue weighted by atomic mass is 32.2. The number of nitrogens with one attached hydrogen (secondary N) is 2. The van der Waals surface area contributed by atoms with Gasteiger partial charge in [-0.15, -0.1) is 11.8 Å². The first kappa shape index (κ1) is 17.5. The highest BCUT2D eigenvalue weighted by molar-refractivity contribution is 7.99. The van der Waals surface area contributed by atoms with E-state index in [4.69, 9.17) is 0 Å². The summed E-state index contributed by atoms with van der Waals surface area (Å²) in [5, 5.41) is 3.09. The molecule has 0 aliphatic rings. The third kappa shape index (κ3) is 4.63. The molecule has 3 aromatic rings. The van der Waals surface area contributed by atoms with Crippen molar-refractivity contribution in [1.29, 1.82) is 0 Å². The first-order chi connectivity index (χ1) is 12.2. The van der Waals surface area contributed by atoms with Crippen LogP contribution in [0.3, 0.4) is 0 Å². The van der Waals surface area contributed by atoms with Crippen molar-refractivity contribution in [3.8, 4) is 0 Å². The highest BCUT2D eigenvalue weighted by Crippen LogP contribution is 2.20. The summed E-state index contributed by atoms with van der Waals surface area (Å²) in [4.78, 5) is 21.4. The predicted molar refractivity (Wildman–Crippen MR) is 104 cm³/mol. The lowest BCUT2D eigenvalue weighted by Gasteiger charge is -2.14. The second kappa shape index (κ2) is 8.21. The van der Waals surface area contributed by atoms with Gasteiger partial charge < -0.3 is 10.3 Å². The Morgan fingerprint density at radius 1 is 1.20 bits per heavy atom. The number of benzene rings is 2. The van der Waals surface area contributed by atoms with Crippen molar-refractivity contribution in [2.45, 2.75) is 37.6 Å². The molecular weight excluding hydrogens is 330 g/mol.